The number of aryl methyl sites for hydroxylation is 2. The minimum absolute atomic E-state index is 0.0462. The lowest BCUT2D eigenvalue weighted by Crippen LogP contribution is -2.30. The zero-order valence-corrected chi connectivity index (χ0v) is 17.7. The van der Waals surface area contributed by atoms with E-state index in [1.165, 1.54) is 4.90 Å². The Labute approximate surface area is 184 Å². The summed E-state index contributed by atoms with van der Waals surface area (Å²) < 4.78 is 0. The van der Waals surface area contributed by atoms with Gasteiger partial charge in [-0.2, -0.15) is 0 Å². The second kappa shape index (κ2) is 7.50. The molecule has 5 rings (SSSR count). The predicted octanol–water partition coefficient (Wildman–Crippen LogP) is 4.81. The van der Waals surface area contributed by atoms with Crippen LogP contribution in [0.4, 0.5) is 5.95 Å². The van der Waals surface area contributed by atoms with Crippen molar-refractivity contribution in [2.45, 2.75) is 19.9 Å². The van der Waals surface area contributed by atoms with Crippen LogP contribution in [0.15, 0.2) is 78.4 Å². The molecule has 1 aliphatic heterocycles. The van der Waals surface area contributed by atoms with Crippen LogP contribution in [0.25, 0.3) is 16.8 Å². The van der Waals surface area contributed by atoms with Gasteiger partial charge in [-0.1, -0.05) is 54.6 Å². The number of aliphatic hydroxyl groups is 1. The molecule has 1 aromatic heterocycles. The average molecular weight is 423 g/mol. The fourth-order valence-corrected chi connectivity index (χ4v) is 4.10. The van der Waals surface area contributed by atoms with Crippen LogP contribution < -0.4 is 4.90 Å². The van der Waals surface area contributed by atoms with Crippen LogP contribution in [-0.2, 0) is 9.59 Å². The summed E-state index contributed by atoms with van der Waals surface area (Å²) in [6.45, 7) is 3.91. The summed E-state index contributed by atoms with van der Waals surface area (Å²) in [7, 11) is 0. The Bertz CT molecular complexity index is 1370. The zero-order valence-electron chi connectivity index (χ0n) is 17.7. The number of rotatable bonds is 3. The van der Waals surface area contributed by atoms with Crippen molar-refractivity contribution in [1.82, 2.24) is 9.97 Å². The van der Waals surface area contributed by atoms with Crippen molar-refractivity contribution < 1.29 is 14.7 Å². The number of benzene rings is 3. The summed E-state index contributed by atoms with van der Waals surface area (Å²) in [6, 6.07) is 21.3. The third-order valence-corrected chi connectivity index (χ3v) is 5.95. The maximum absolute atomic E-state index is 13.2. The predicted molar refractivity (Wildman–Crippen MR) is 123 cm³/mol. The molecule has 1 amide bonds. The number of nitrogens with one attached hydrogen (secondary N) is 1. The summed E-state index contributed by atoms with van der Waals surface area (Å²) in [4.78, 5) is 35.4. The van der Waals surface area contributed by atoms with Crippen LogP contribution in [0.3, 0.4) is 0 Å². The average Bonchev–Trinajstić information content (AvgIpc) is 3.34. The number of amides is 1. The van der Waals surface area contributed by atoms with Crippen molar-refractivity contribution in [3.8, 4) is 0 Å². The van der Waals surface area contributed by atoms with Crippen LogP contribution in [0.1, 0.15) is 28.3 Å². The minimum Gasteiger partial charge on any atom is -0.507 e. The first kappa shape index (κ1) is 19.8. The second-order valence-electron chi connectivity index (χ2n) is 7.96. The number of imidazole rings is 1. The third-order valence-electron chi connectivity index (χ3n) is 5.95. The largest absolute Gasteiger partial charge is 0.507 e. The van der Waals surface area contributed by atoms with E-state index in [-0.39, 0.29) is 17.3 Å². The summed E-state index contributed by atoms with van der Waals surface area (Å²) in [6.07, 6.45) is 0. The van der Waals surface area contributed by atoms with E-state index in [0.29, 0.717) is 16.6 Å². The Morgan fingerprint density at radius 2 is 1.66 bits per heavy atom. The van der Waals surface area contributed by atoms with Gasteiger partial charge in [0.05, 0.1) is 22.6 Å². The Morgan fingerprint density at radius 3 is 2.38 bits per heavy atom. The first-order valence-corrected chi connectivity index (χ1v) is 10.3. The molecule has 0 spiro atoms. The fourth-order valence-electron chi connectivity index (χ4n) is 4.10. The highest BCUT2D eigenvalue weighted by atomic mass is 16.3. The first-order chi connectivity index (χ1) is 15.5. The number of hydrogen-bond donors (Lipinski definition) is 2. The topological polar surface area (TPSA) is 86.3 Å². The van der Waals surface area contributed by atoms with Crippen molar-refractivity contribution in [2.24, 2.45) is 0 Å². The molecule has 6 nitrogen and oxygen atoms in total. The number of anilines is 1. The number of para-hydroxylation sites is 2. The van der Waals surface area contributed by atoms with Gasteiger partial charge >= 0.3 is 5.91 Å². The van der Waals surface area contributed by atoms with E-state index in [4.69, 9.17) is 0 Å². The number of carbonyl (C=O) groups excluding carboxylic acids is 2. The van der Waals surface area contributed by atoms with Gasteiger partial charge in [0.15, 0.2) is 0 Å². The summed E-state index contributed by atoms with van der Waals surface area (Å²) in [5, 5.41) is 11.2. The van der Waals surface area contributed by atoms with E-state index in [9.17, 15) is 14.7 Å². The van der Waals surface area contributed by atoms with E-state index in [1.807, 2.05) is 80.6 Å². The van der Waals surface area contributed by atoms with Gasteiger partial charge in [-0.3, -0.25) is 14.5 Å². The van der Waals surface area contributed by atoms with Gasteiger partial charge in [-0.25, -0.2) is 4.98 Å². The normalized spacial score (nSPS) is 17.9. The van der Waals surface area contributed by atoms with Gasteiger partial charge in [0.1, 0.15) is 5.76 Å². The summed E-state index contributed by atoms with van der Waals surface area (Å²) in [5.74, 6) is -1.40. The number of fused-ring (bicyclic) bond motifs is 1. The van der Waals surface area contributed by atoms with E-state index in [2.05, 4.69) is 9.97 Å². The number of carbonyl (C=O) groups is 2. The number of nitrogens with zero attached hydrogens (tertiary/aromatic N) is 2. The molecular formula is C26H21N3O3. The van der Waals surface area contributed by atoms with Crippen molar-refractivity contribution in [3.63, 3.8) is 0 Å². The molecule has 1 fully saturated rings. The van der Waals surface area contributed by atoms with Crippen molar-refractivity contribution >= 4 is 34.4 Å². The zero-order chi connectivity index (χ0) is 22.4. The maximum atomic E-state index is 13.2. The highest BCUT2D eigenvalue weighted by Crippen LogP contribution is 2.41. The van der Waals surface area contributed by atoms with Crippen molar-refractivity contribution in [3.05, 3.63) is 101 Å². The van der Waals surface area contributed by atoms with Crippen LogP contribution in [-0.4, -0.2) is 26.8 Å². The molecule has 0 aliphatic carbocycles. The van der Waals surface area contributed by atoms with Crippen molar-refractivity contribution in [1.29, 1.82) is 0 Å². The Balaban J connectivity index is 1.73. The highest BCUT2D eigenvalue weighted by Gasteiger charge is 2.48. The third kappa shape index (κ3) is 3.08. The lowest BCUT2D eigenvalue weighted by atomic mass is 9.94. The lowest BCUT2D eigenvalue weighted by molar-refractivity contribution is -0.132. The molecule has 6 heteroatoms. The number of hydrogen-bond acceptors (Lipinski definition) is 4. The van der Waals surface area contributed by atoms with Gasteiger partial charge < -0.3 is 10.1 Å². The SMILES string of the molecule is Cc1ccc(/C(O)=C2\C(=O)C(=O)N(c3nc4ccccc4[nH]3)C2c2ccccc2)cc1C. The number of H-pyrrole nitrogens is 1. The number of aromatic amines is 1. The van der Waals surface area contributed by atoms with E-state index in [1.54, 1.807) is 6.07 Å². The van der Waals surface area contributed by atoms with Crippen LogP contribution in [0.5, 0.6) is 0 Å². The number of ketones is 1. The smallest absolute Gasteiger partial charge is 0.302 e. The van der Waals surface area contributed by atoms with Crippen LogP contribution in [0, 0.1) is 13.8 Å². The van der Waals surface area contributed by atoms with Gasteiger partial charge in [0.25, 0.3) is 5.78 Å². The van der Waals surface area contributed by atoms with Gasteiger partial charge in [-0.05, 0) is 48.7 Å². The molecule has 0 bridgehead atoms. The van der Waals surface area contributed by atoms with Crippen LogP contribution in [0.2, 0.25) is 0 Å². The summed E-state index contributed by atoms with van der Waals surface area (Å²) >= 11 is 0. The molecule has 3 aromatic carbocycles. The van der Waals surface area contributed by atoms with Crippen LogP contribution >= 0.6 is 0 Å². The highest BCUT2D eigenvalue weighted by molar-refractivity contribution is 6.51. The number of Topliss-reactive ketones (excluding diaryl/α,β-unsaturated/α-hetero) is 1. The molecule has 4 aromatic rings. The number of aromatic nitrogens is 2. The summed E-state index contributed by atoms with van der Waals surface area (Å²) in [5.41, 5.74) is 4.75. The molecule has 2 heterocycles. The first-order valence-electron chi connectivity index (χ1n) is 10.3. The van der Waals surface area contributed by atoms with Gasteiger partial charge in [-0.15, -0.1) is 0 Å². The molecule has 0 saturated carbocycles. The second-order valence-corrected chi connectivity index (χ2v) is 7.96. The van der Waals surface area contributed by atoms with E-state index in [0.717, 1.165) is 16.6 Å². The lowest BCUT2D eigenvalue weighted by Gasteiger charge is -2.23. The standard InChI is InChI=1S/C26H21N3O3/c1-15-12-13-18(14-16(15)2)23(30)21-22(17-8-4-3-5-9-17)29(25(32)24(21)31)26-27-19-10-6-7-11-20(19)28-26/h3-14,22,30H,1-2H3,(H,27,28)/b23-21+. The molecule has 158 valence electrons. The Kier molecular flexibility index (Phi) is 4.63. The quantitative estimate of drug-likeness (QED) is 0.281. The molecule has 1 atom stereocenters. The fraction of sp³-hybridized carbons (Fsp3) is 0.115. The Morgan fingerprint density at radius 1 is 0.938 bits per heavy atom. The van der Waals surface area contributed by atoms with Gasteiger partial charge in [0, 0.05) is 5.56 Å². The monoisotopic (exact) mass is 423 g/mol. The molecular weight excluding hydrogens is 402 g/mol. The minimum atomic E-state index is -0.807. The molecule has 0 radical (unpaired) electrons. The molecule has 2 N–H and O–H groups in total. The maximum Gasteiger partial charge on any atom is 0.302 e. The molecule has 1 aliphatic rings. The van der Waals surface area contributed by atoms with E-state index >= 15 is 0 Å². The molecule has 1 saturated heterocycles. The van der Waals surface area contributed by atoms with Gasteiger partial charge in [0.2, 0.25) is 5.95 Å². The Hall–Kier alpha value is -4.19. The van der Waals surface area contributed by atoms with E-state index < -0.39 is 17.7 Å². The van der Waals surface area contributed by atoms with Crippen molar-refractivity contribution in [2.75, 3.05) is 4.90 Å². The number of aliphatic hydroxyl groups excluding tert-OH is 1. The molecule has 32 heavy (non-hydrogen) atoms. The molecule has 1 unspecified atom stereocenters.